The van der Waals surface area contributed by atoms with Gasteiger partial charge in [-0.25, -0.2) is 0 Å². The van der Waals surface area contributed by atoms with Gasteiger partial charge in [0.2, 0.25) is 0 Å². The van der Waals surface area contributed by atoms with Gasteiger partial charge < -0.3 is 9.88 Å². The summed E-state index contributed by atoms with van der Waals surface area (Å²) in [5, 5.41) is 3.01. The molecular weight excluding hydrogens is 188 g/mol. The maximum absolute atomic E-state index is 12.0. The van der Waals surface area contributed by atoms with E-state index in [4.69, 9.17) is 0 Å². The largest absolute Gasteiger partial charge is 0.315 e. The smallest absolute Gasteiger partial charge is 0.255 e. The molecule has 3 heteroatoms. The van der Waals surface area contributed by atoms with Crippen LogP contribution < -0.4 is 10.9 Å². The first kappa shape index (κ1) is 12.0. The van der Waals surface area contributed by atoms with Crippen LogP contribution in [-0.2, 0) is 13.1 Å². The molecule has 0 spiro atoms. The predicted molar refractivity (Wildman–Crippen MR) is 63.0 cm³/mol. The van der Waals surface area contributed by atoms with Crippen LogP contribution in [0.25, 0.3) is 0 Å². The summed E-state index contributed by atoms with van der Waals surface area (Å²) >= 11 is 0. The highest BCUT2D eigenvalue weighted by Gasteiger charge is 2.06. The summed E-state index contributed by atoms with van der Waals surface area (Å²) in [6.45, 7) is 7.65. The van der Waals surface area contributed by atoms with Crippen LogP contribution in [-0.4, -0.2) is 11.6 Å². The molecule has 1 heterocycles. The summed E-state index contributed by atoms with van der Waals surface area (Å²) in [5.41, 5.74) is 2.01. The molecule has 1 aromatic heterocycles. The van der Waals surface area contributed by atoms with Crippen molar-refractivity contribution in [3.8, 4) is 0 Å². The monoisotopic (exact) mass is 208 g/mol. The van der Waals surface area contributed by atoms with Crippen LogP contribution in [0.1, 0.15) is 25.1 Å². The van der Waals surface area contributed by atoms with Crippen LogP contribution in [0.5, 0.6) is 0 Å². The van der Waals surface area contributed by atoms with E-state index < -0.39 is 0 Å². The van der Waals surface area contributed by atoms with Crippen molar-refractivity contribution in [1.82, 2.24) is 9.88 Å². The van der Waals surface area contributed by atoms with Gasteiger partial charge >= 0.3 is 0 Å². The van der Waals surface area contributed by atoms with Gasteiger partial charge in [0, 0.05) is 24.3 Å². The van der Waals surface area contributed by atoms with Crippen molar-refractivity contribution in [2.75, 3.05) is 7.05 Å². The lowest BCUT2D eigenvalue weighted by atomic mass is 10.2. The zero-order valence-corrected chi connectivity index (χ0v) is 10.0. The van der Waals surface area contributed by atoms with Gasteiger partial charge in [0.05, 0.1) is 0 Å². The fourth-order valence-corrected chi connectivity index (χ4v) is 1.63. The van der Waals surface area contributed by atoms with Crippen molar-refractivity contribution in [3.05, 3.63) is 33.7 Å². The summed E-state index contributed by atoms with van der Waals surface area (Å²) in [4.78, 5) is 12.0. The zero-order chi connectivity index (χ0) is 11.4. The highest BCUT2D eigenvalue weighted by Crippen LogP contribution is 2.02. The molecule has 0 aromatic carbocycles. The standard InChI is InChI=1S/C12H20N2O/c1-9(2)8-14-10(3)5-6-11(7-13-4)12(14)15/h5-6,9,13H,7-8H2,1-4H3. The third kappa shape index (κ3) is 2.93. The molecule has 84 valence electrons. The summed E-state index contributed by atoms with van der Waals surface area (Å²) < 4.78 is 1.86. The molecule has 0 unspecified atom stereocenters. The average Bonchev–Trinajstić information content (AvgIpc) is 2.17. The summed E-state index contributed by atoms with van der Waals surface area (Å²) in [5.74, 6) is 0.492. The summed E-state index contributed by atoms with van der Waals surface area (Å²) in [6, 6.07) is 3.92. The van der Waals surface area contributed by atoms with Crippen molar-refractivity contribution in [2.45, 2.75) is 33.9 Å². The van der Waals surface area contributed by atoms with E-state index in [2.05, 4.69) is 19.2 Å². The van der Waals surface area contributed by atoms with E-state index in [1.165, 1.54) is 0 Å². The molecule has 0 saturated heterocycles. The molecule has 1 N–H and O–H groups in total. The third-order valence-corrected chi connectivity index (χ3v) is 2.39. The lowest BCUT2D eigenvalue weighted by molar-refractivity contribution is 0.498. The number of pyridine rings is 1. The number of rotatable bonds is 4. The Kier molecular flexibility index (Phi) is 4.09. The van der Waals surface area contributed by atoms with Crippen LogP contribution in [0.4, 0.5) is 0 Å². The zero-order valence-electron chi connectivity index (χ0n) is 10.0. The van der Waals surface area contributed by atoms with Gasteiger partial charge in [-0.15, -0.1) is 0 Å². The number of hydrogen-bond acceptors (Lipinski definition) is 2. The van der Waals surface area contributed by atoms with Crippen molar-refractivity contribution < 1.29 is 0 Å². The predicted octanol–water partition coefficient (Wildman–Crippen LogP) is 1.53. The van der Waals surface area contributed by atoms with Crippen LogP contribution >= 0.6 is 0 Å². The van der Waals surface area contributed by atoms with Gasteiger partial charge in [0.15, 0.2) is 0 Å². The average molecular weight is 208 g/mol. The summed E-state index contributed by atoms with van der Waals surface area (Å²) in [7, 11) is 1.85. The molecule has 0 aliphatic heterocycles. The summed E-state index contributed by atoms with van der Waals surface area (Å²) in [6.07, 6.45) is 0. The quantitative estimate of drug-likeness (QED) is 0.814. The number of nitrogens with one attached hydrogen (secondary N) is 1. The molecule has 3 nitrogen and oxygen atoms in total. The Morgan fingerprint density at radius 2 is 2.07 bits per heavy atom. The van der Waals surface area contributed by atoms with Crippen LogP contribution in [0.15, 0.2) is 16.9 Å². The number of nitrogens with zero attached hydrogens (tertiary/aromatic N) is 1. The van der Waals surface area contributed by atoms with E-state index in [-0.39, 0.29) is 5.56 Å². The van der Waals surface area contributed by atoms with Gasteiger partial charge in [0.1, 0.15) is 0 Å². The van der Waals surface area contributed by atoms with Gasteiger partial charge in [-0.2, -0.15) is 0 Å². The lowest BCUT2D eigenvalue weighted by Gasteiger charge is -2.13. The van der Waals surface area contributed by atoms with Crippen LogP contribution in [0.2, 0.25) is 0 Å². The maximum Gasteiger partial charge on any atom is 0.255 e. The molecule has 0 saturated carbocycles. The SMILES string of the molecule is CNCc1ccc(C)n(CC(C)C)c1=O. The molecule has 0 fully saturated rings. The third-order valence-electron chi connectivity index (χ3n) is 2.39. The van der Waals surface area contributed by atoms with Gasteiger partial charge in [-0.3, -0.25) is 4.79 Å². The fourth-order valence-electron chi connectivity index (χ4n) is 1.63. The maximum atomic E-state index is 12.0. The van der Waals surface area contributed by atoms with Crippen molar-refractivity contribution in [1.29, 1.82) is 0 Å². The number of aromatic nitrogens is 1. The van der Waals surface area contributed by atoms with Crippen molar-refractivity contribution in [3.63, 3.8) is 0 Å². The normalized spacial score (nSPS) is 11.0. The topological polar surface area (TPSA) is 34.0 Å². The Hall–Kier alpha value is -1.09. The molecule has 0 bridgehead atoms. The molecule has 0 radical (unpaired) electrons. The fraction of sp³-hybridized carbons (Fsp3) is 0.583. The molecule has 15 heavy (non-hydrogen) atoms. The molecular formula is C12H20N2O. The Bertz CT molecular complexity index is 380. The van der Waals surface area contributed by atoms with E-state index in [0.29, 0.717) is 12.5 Å². The second-order valence-corrected chi connectivity index (χ2v) is 4.34. The highest BCUT2D eigenvalue weighted by molar-refractivity contribution is 5.15. The molecule has 0 amide bonds. The van der Waals surface area contributed by atoms with Crippen LogP contribution in [0.3, 0.4) is 0 Å². The number of aryl methyl sites for hydroxylation is 1. The van der Waals surface area contributed by atoms with Gasteiger partial charge in [-0.05, 0) is 26.0 Å². The minimum Gasteiger partial charge on any atom is -0.315 e. The second-order valence-electron chi connectivity index (χ2n) is 4.34. The van der Waals surface area contributed by atoms with Crippen molar-refractivity contribution >= 4 is 0 Å². The Morgan fingerprint density at radius 3 is 2.60 bits per heavy atom. The Balaban J connectivity index is 3.12. The second kappa shape index (κ2) is 5.12. The first-order valence-corrected chi connectivity index (χ1v) is 5.40. The van der Waals surface area contributed by atoms with E-state index >= 15 is 0 Å². The minimum absolute atomic E-state index is 0.137. The van der Waals surface area contributed by atoms with E-state index in [1.807, 2.05) is 30.7 Å². The number of hydrogen-bond donors (Lipinski definition) is 1. The Morgan fingerprint density at radius 1 is 1.40 bits per heavy atom. The first-order chi connectivity index (χ1) is 7.06. The molecule has 0 aliphatic rings. The molecule has 0 aliphatic carbocycles. The van der Waals surface area contributed by atoms with Crippen LogP contribution in [0, 0.1) is 12.8 Å². The van der Waals surface area contributed by atoms with Gasteiger partial charge in [0.25, 0.3) is 5.56 Å². The van der Waals surface area contributed by atoms with Crippen molar-refractivity contribution in [2.24, 2.45) is 5.92 Å². The van der Waals surface area contributed by atoms with E-state index in [0.717, 1.165) is 17.8 Å². The van der Waals surface area contributed by atoms with E-state index in [1.54, 1.807) is 0 Å². The molecule has 1 rings (SSSR count). The van der Waals surface area contributed by atoms with E-state index in [9.17, 15) is 4.79 Å². The minimum atomic E-state index is 0.137. The highest BCUT2D eigenvalue weighted by atomic mass is 16.1. The van der Waals surface area contributed by atoms with Gasteiger partial charge in [-0.1, -0.05) is 19.9 Å². The lowest BCUT2D eigenvalue weighted by Crippen LogP contribution is -2.29. The molecule has 1 aromatic rings. The Labute approximate surface area is 91.1 Å². The first-order valence-electron chi connectivity index (χ1n) is 5.40. The molecule has 0 atom stereocenters.